The first-order chi connectivity index (χ1) is 15.9. The van der Waals surface area contributed by atoms with E-state index in [-0.39, 0.29) is 30.1 Å². The van der Waals surface area contributed by atoms with Crippen LogP contribution in [-0.2, 0) is 19.1 Å². The Morgan fingerprint density at radius 3 is 1.91 bits per heavy atom. The van der Waals surface area contributed by atoms with Gasteiger partial charge in [-0.2, -0.15) is 0 Å². The van der Waals surface area contributed by atoms with Crippen molar-refractivity contribution in [1.29, 1.82) is 0 Å². The van der Waals surface area contributed by atoms with Crippen molar-refractivity contribution in [1.82, 2.24) is 0 Å². The van der Waals surface area contributed by atoms with Gasteiger partial charge in [0.05, 0.1) is 5.92 Å². The predicted octanol–water partition coefficient (Wildman–Crippen LogP) is 7.09. The van der Waals surface area contributed by atoms with Crippen molar-refractivity contribution in [2.75, 3.05) is 0 Å². The highest BCUT2D eigenvalue weighted by Gasteiger charge is 2.48. The highest BCUT2D eigenvalue weighted by atomic mass is 16.6. The molecule has 0 amide bonds. The topological polar surface area (TPSA) is 78.6 Å². The summed E-state index contributed by atoms with van der Waals surface area (Å²) < 4.78 is 11.4. The van der Waals surface area contributed by atoms with Crippen LogP contribution in [0, 0.1) is 11.8 Å². The largest absolute Gasteiger partial charge is 0.457 e. The highest BCUT2D eigenvalue weighted by Crippen LogP contribution is 2.33. The highest BCUT2D eigenvalue weighted by molar-refractivity contribution is 5.79. The fourth-order valence-electron chi connectivity index (χ4n) is 4.74. The summed E-state index contributed by atoms with van der Waals surface area (Å²) in [6.45, 7) is 8.54. The minimum absolute atomic E-state index is 0.132. The smallest absolute Gasteiger partial charge is 0.323 e. The average Bonchev–Trinajstić information content (AvgIpc) is 2.77. The van der Waals surface area contributed by atoms with Crippen molar-refractivity contribution in [3.05, 3.63) is 0 Å². The number of carbonyl (C=O) groups is 2. The van der Waals surface area contributed by atoms with E-state index in [0.29, 0.717) is 12.3 Å². The Kier molecular flexibility index (Phi) is 16.6. The Balaban J connectivity index is 2.48. The predicted molar refractivity (Wildman–Crippen MR) is 136 cm³/mol. The summed E-state index contributed by atoms with van der Waals surface area (Å²) >= 11 is 0. The monoisotopic (exact) mass is 467 g/mol. The van der Waals surface area contributed by atoms with Gasteiger partial charge in [-0.05, 0) is 31.6 Å². The first-order valence-electron chi connectivity index (χ1n) is 14.1. The molecule has 5 nitrogen and oxygen atoms in total. The zero-order valence-corrected chi connectivity index (χ0v) is 22.1. The van der Waals surface area contributed by atoms with Crippen molar-refractivity contribution >= 4 is 11.9 Å². The summed E-state index contributed by atoms with van der Waals surface area (Å²) in [5, 5.41) is 0. The van der Waals surface area contributed by atoms with Crippen molar-refractivity contribution in [3.8, 4) is 0 Å². The van der Waals surface area contributed by atoms with Gasteiger partial charge in [0.15, 0.2) is 6.10 Å². The standard InChI is InChI=1S/C28H53NO4/c1-5-7-9-11-12-13-14-15-16-18-20-25(32-28(31)24(29)21-22(3)4)26-23(27(30)33-26)19-17-10-8-6-2/h22-26H,5-21,29H2,1-4H3/t23?,24-,25-,26?/m0/s1. The van der Waals surface area contributed by atoms with E-state index >= 15 is 0 Å². The number of ether oxygens (including phenoxy) is 2. The lowest BCUT2D eigenvalue weighted by molar-refractivity contribution is -0.207. The van der Waals surface area contributed by atoms with Crippen LogP contribution >= 0.6 is 0 Å². The molecule has 1 aliphatic rings. The third-order valence-electron chi connectivity index (χ3n) is 6.82. The molecule has 0 aliphatic carbocycles. The minimum atomic E-state index is -0.612. The molecule has 1 rings (SSSR count). The number of carbonyl (C=O) groups excluding carboxylic acids is 2. The van der Waals surface area contributed by atoms with Crippen LogP contribution in [0.5, 0.6) is 0 Å². The molecule has 194 valence electrons. The van der Waals surface area contributed by atoms with Gasteiger partial charge in [0, 0.05) is 0 Å². The first-order valence-corrected chi connectivity index (χ1v) is 14.1. The van der Waals surface area contributed by atoms with E-state index in [1.807, 2.05) is 0 Å². The van der Waals surface area contributed by atoms with Crippen LogP contribution in [0.15, 0.2) is 0 Å². The van der Waals surface area contributed by atoms with E-state index in [0.717, 1.165) is 38.5 Å². The fraction of sp³-hybridized carbons (Fsp3) is 0.929. The quantitative estimate of drug-likeness (QED) is 0.144. The molecule has 33 heavy (non-hydrogen) atoms. The van der Waals surface area contributed by atoms with E-state index < -0.39 is 6.04 Å². The van der Waals surface area contributed by atoms with Crippen molar-refractivity contribution < 1.29 is 19.1 Å². The molecule has 0 aromatic carbocycles. The first kappa shape index (κ1) is 29.9. The van der Waals surface area contributed by atoms with E-state index in [2.05, 4.69) is 27.7 Å². The molecule has 0 bridgehead atoms. The van der Waals surface area contributed by atoms with Crippen molar-refractivity contribution in [2.45, 2.75) is 155 Å². The maximum atomic E-state index is 12.6. The molecule has 0 radical (unpaired) electrons. The van der Waals surface area contributed by atoms with Crippen LogP contribution in [0.25, 0.3) is 0 Å². The molecule has 4 atom stereocenters. The second-order valence-electron chi connectivity index (χ2n) is 10.5. The lowest BCUT2D eigenvalue weighted by Crippen LogP contribution is -2.54. The average molecular weight is 468 g/mol. The molecule has 1 aliphatic heterocycles. The molecule has 2 unspecified atom stereocenters. The molecular weight excluding hydrogens is 414 g/mol. The maximum absolute atomic E-state index is 12.6. The molecule has 0 aromatic heterocycles. The van der Waals surface area contributed by atoms with Crippen LogP contribution in [0.1, 0.15) is 137 Å². The Labute approximate surface area is 203 Å². The van der Waals surface area contributed by atoms with Crippen LogP contribution in [-0.4, -0.2) is 30.2 Å². The molecule has 5 heteroatoms. The van der Waals surface area contributed by atoms with Gasteiger partial charge in [0.1, 0.15) is 12.1 Å². The summed E-state index contributed by atoms with van der Waals surface area (Å²) in [7, 11) is 0. The van der Waals surface area contributed by atoms with Crippen LogP contribution in [0.2, 0.25) is 0 Å². The van der Waals surface area contributed by atoms with Crippen molar-refractivity contribution in [3.63, 3.8) is 0 Å². The molecular formula is C28H53NO4. The zero-order chi connectivity index (χ0) is 24.5. The Morgan fingerprint density at radius 1 is 0.879 bits per heavy atom. The Bertz CT molecular complexity index is 522. The van der Waals surface area contributed by atoms with Crippen molar-refractivity contribution in [2.24, 2.45) is 17.6 Å². The Morgan fingerprint density at radius 2 is 1.39 bits per heavy atom. The molecule has 2 N–H and O–H groups in total. The second-order valence-corrected chi connectivity index (χ2v) is 10.5. The van der Waals surface area contributed by atoms with E-state index in [9.17, 15) is 9.59 Å². The summed E-state index contributed by atoms with van der Waals surface area (Å²) in [5.41, 5.74) is 6.07. The molecule has 0 spiro atoms. The molecule has 1 saturated heterocycles. The van der Waals surface area contributed by atoms with Gasteiger partial charge in [-0.3, -0.25) is 9.59 Å². The summed E-state index contributed by atoms with van der Waals surface area (Å²) in [4.78, 5) is 24.7. The minimum Gasteiger partial charge on any atom is -0.457 e. The second kappa shape index (κ2) is 18.3. The Hall–Kier alpha value is -1.10. The van der Waals surface area contributed by atoms with Gasteiger partial charge in [-0.25, -0.2) is 0 Å². The van der Waals surface area contributed by atoms with E-state index in [4.69, 9.17) is 15.2 Å². The normalized spacial score (nSPS) is 19.8. The summed E-state index contributed by atoms with van der Waals surface area (Å²) in [6, 6.07) is -0.612. The van der Waals surface area contributed by atoms with Crippen LogP contribution in [0.3, 0.4) is 0 Å². The van der Waals surface area contributed by atoms with Gasteiger partial charge in [0.25, 0.3) is 0 Å². The van der Waals surface area contributed by atoms with Gasteiger partial charge in [0.2, 0.25) is 0 Å². The number of hydrogen-bond acceptors (Lipinski definition) is 5. The third-order valence-corrected chi connectivity index (χ3v) is 6.82. The lowest BCUT2D eigenvalue weighted by Gasteiger charge is -2.40. The number of rotatable bonds is 21. The van der Waals surface area contributed by atoms with E-state index in [1.165, 1.54) is 64.2 Å². The van der Waals surface area contributed by atoms with Gasteiger partial charge >= 0.3 is 11.9 Å². The number of unbranched alkanes of at least 4 members (excludes halogenated alkanes) is 12. The van der Waals surface area contributed by atoms with Gasteiger partial charge < -0.3 is 15.2 Å². The lowest BCUT2D eigenvalue weighted by atomic mass is 9.85. The third kappa shape index (κ3) is 12.8. The zero-order valence-electron chi connectivity index (χ0n) is 22.1. The number of esters is 2. The van der Waals surface area contributed by atoms with Crippen LogP contribution < -0.4 is 5.73 Å². The number of hydrogen-bond donors (Lipinski definition) is 1. The number of nitrogens with two attached hydrogens (primary N) is 1. The van der Waals surface area contributed by atoms with E-state index in [1.54, 1.807) is 0 Å². The number of cyclic esters (lactones) is 1. The van der Waals surface area contributed by atoms with Crippen LogP contribution in [0.4, 0.5) is 0 Å². The fourth-order valence-corrected chi connectivity index (χ4v) is 4.74. The molecule has 1 fully saturated rings. The molecule has 0 aromatic rings. The van der Waals surface area contributed by atoms with Gasteiger partial charge in [-0.15, -0.1) is 0 Å². The van der Waals surface area contributed by atoms with Gasteiger partial charge in [-0.1, -0.05) is 111 Å². The summed E-state index contributed by atoms with van der Waals surface area (Å²) in [5.74, 6) is -0.287. The summed E-state index contributed by atoms with van der Waals surface area (Å²) in [6.07, 6.45) is 18.7. The SMILES string of the molecule is CCCCCCCCCCCC[C@H](OC(=O)[C@@H](N)CC(C)C)C1OC(=O)C1CCCCCC. The maximum Gasteiger partial charge on any atom is 0.323 e. The molecule has 1 heterocycles. The molecule has 0 saturated carbocycles.